The minimum Gasteiger partial charge on any atom is -0.494 e. The number of piperidine rings is 1. The van der Waals surface area contributed by atoms with Gasteiger partial charge in [0, 0.05) is 6.54 Å². The Labute approximate surface area is 133 Å². The fourth-order valence-electron chi connectivity index (χ4n) is 2.59. The van der Waals surface area contributed by atoms with E-state index in [4.69, 9.17) is 4.74 Å². The molecule has 0 bridgehead atoms. The van der Waals surface area contributed by atoms with Crippen LogP contribution in [-0.2, 0) is 10.0 Å². The molecule has 1 fully saturated rings. The average molecular weight is 326 g/mol. The van der Waals surface area contributed by atoms with Crippen LogP contribution in [0.15, 0.2) is 29.2 Å². The highest BCUT2D eigenvalue weighted by Crippen LogP contribution is 2.17. The number of benzene rings is 1. The zero-order chi connectivity index (χ0) is 15.8. The van der Waals surface area contributed by atoms with E-state index in [2.05, 4.69) is 10.0 Å². The van der Waals surface area contributed by atoms with Gasteiger partial charge in [-0.25, -0.2) is 13.1 Å². The summed E-state index contributed by atoms with van der Waals surface area (Å²) in [6.45, 7) is 5.23. The first-order valence-corrected chi connectivity index (χ1v) is 9.53. The molecule has 1 heterocycles. The van der Waals surface area contributed by atoms with Crippen molar-refractivity contribution in [2.45, 2.75) is 37.5 Å². The van der Waals surface area contributed by atoms with Crippen LogP contribution in [0.25, 0.3) is 0 Å². The van der Waals surface area contributed by atoms with Gasteiger partial charge in [0.05, 0.1) is 11.5 Å². The normalized spacial score (nSPS) is 19.0. The lowest BCUT2D eigenvalue weighted by atomic mass is 9.96. The van der Waals surface area contributed by atoms with Crippen LogP contribution in [0.5, 0.6) is 5.75 Å². The smallest absolute Gasteiger partial charge is 0.240 e. The van der Waals surface area contributed by atoms with Crippen molar-refractivity contribution in [3.63, 3.8) is 0 Å². The Bertz CT molecular complexity index is 537. The summed E-state index contributed by atoms with van der Waals surface area (Å²) in [5, 5.41) is 3.35. The largest absolute Gasteiger partial charge is 0.494 e. The molecule has 1 atom stereocenters. The Morgan fingerprint density at radius 2 is 2.09 bits per heavy atom. The summed E-state index contributed by atoms with van der Waals surface area (Å²) in [6, 6.07) is 6.59. The van der Waals surface area contributed by atoms with E-state index >= 15 is 0 Å². The quantitative estimate of drug-likeness (QED) is 0.768. The lowest BCUT2D eigenvalue weighted by molar-refractivity contribution is 0.317. The fourth-order valence-corrected chi connectivity index (χ4v) is 3.63. The maximum Gasteiger partial charge on any atom is 0.240 e. The van der Waals surface area contributed by atoms with Crippen molar-refractivity contribution in [1.82, 2.24) is 10.0 Å². The van der Waals surface area contributed by atoms with Gasteiger partial charge in [-0.2, -0.15) is 0 Å². The first-order valence-electron chi connectivity index (χ1n) is 8.05. The minimum absolute atomic E-state index is 0.290. The van der Waals surface area contributed by atoms with E-state index in [0.717, 1.165) is 25.9 Å². The molecule has 0 amide bonds. The van der Waals surface area contributed by atoms with Crippen LogP contribution in [0, 0.1) is 5.92 Å². The summed E-state index contributed by atoms with van der Waals surface area (Å²) in [5.41, 5.74) is 0. The summed E-state index contributed by atoms with van der Waals surface area (Å²) >= 11 is 0. The lowest BCUT2D eigenvalue weighted by Gasteiger charge is -2.22. The summed E-state index contributed by atoms with van der Waals surface area (Å²) in [6.07, 6.45) is 4.16. The van der Waals surface area contributed by atoms with Gasteiger partial charge in [0.2, 0.25) is 10.0 Å². The van der Waals surface area contributed by atoms with E-state index in [1.165, 1.54) is 12.8 Å². The predicted molar refractivity (Wildman–Crippen MR) is 87.6 cm³/mol. The molecular formula is C16H26N2O3S. The number of ether oxygens (including phenoxy) is 1. The van der Waals surface area contributed by atoms with Crippen LogP contribution in [-0.4, -0.2) is 34.7 Å². The molecule has 0 aromatic heterocycles. The zero-order valence-corrected chi connectivity index (χ0v) is 14.0. The van der Waals surface area contributed by atoms with Crippen molar-refractivity contribution < 1.29 is 13.2 Å². The number of hydrogen-bond donors (Lipinski definition) is 2. The van der Waals surface area contributed by atoms with Crippen LogP contribution in [0.2, 0.25) is 0 Å². The summed E-state index contributed by atoms with van der Waals surface area (Å²) in [4.78, 5) is 0.290. The molecule has 2 rings (SSSR count). The number of sulfonamides is 1. The van der Waals surface area contributed by atoms with Crippen molar-refractivity contribution in [3.8, 4) is 5.75 Å². The van der Waals surface area contributed by atoms with Crippen LogP contribution < -0.4 is 14.8 Å². The average Bonchev–Trinajstić information content (AvgIpc) is 2.54. The molecule has 5 nitrogen and oxygen atoms in total. The summed E-state index contributed by atoms with van der Waals surface area (Å²) in [5.74, 6) is 1.27. The Morgan fingerprint density at radius 1 is 1.32 bits per heavy atom. The van der Waals surface area contributed by atoms with Crippen LogP contribution in [0.1, 0.15) is 32.6 Å². The summed E-state index contributed by atoms with van der Waals surface area (Å²) in [7, 11) is -3.42. The van der Waals surface area contributed by atoms with Gasteiger partial charge in [0.25, 0.3) is 0 Å². The van der Waals surface area contributed by atoms with Gasteiger partial charge < -0.3 is 10.1 Å². The molecule has 22 heavy (non-hydrogen) atoms. The monoisotopic (exact) mass is 326 g/mol. The number of rotatable bonds is 8. The van der Waals surface area contributed by atoms with Gasteiger partial charge in [-0.3, -0.25) is 0 Å². The van der Waals surface area contributed by atoms with Crippen molar-refractivity contribution in [2.75, 3.05) is 26.2 Å². The molecule has 0 spiro atoms. The molecule has 0 saturated carbocycles. The zero-order valence-electron chi connectivity index (χ0n) is 13.2. The van der Waals surface area contributed by atoms with E-state index < -0.39 is 10.0 Å². The molecule has 0 radical (unpaired) electrons. The van der Waals surface area contributed by atoms with E-state index in [0.29, 0.717) is 24.8 Å². The third-order valence-corrected chi connectivity index (χ3v) is 5.33. The highest BCUT2D eigenvalue weighted by Gasteiger charge is 2.16. The molecule has 1 aliphatic rings. The van der Waals surface area contributed by atoms with Crippen molar-refractivity contribution >= 4 is 10.0 Å². The van der Waals surface area contributed by atoms with Crippen LogP contribution in [0.3, 0.4) is 0 Å². The Kier molecular flexibility index (Phi) is 6.67. The van der Waals surface area contributed by atoms with Gasteiger partial charge in [-0.05, 0) is 69.0 Å². The molecule has 1 saturated heterocycles. The maximum atomic E-state index is 12.2. The molecule has 1 aromatic carbocycles. The molecule has 1 aliphatic heterocycles. The molecule has 1 aromatic rings. The second-order valence-electron chi connectivity index (χ2n) is 5.72. The SMILES string of the molecule is CCCOc1ccc(S(=O)(=O)NCCC2CCCNC2)cc1. The highest BCUT2D eigenvalue weighted by molar-refractivity contribution is 7.89. The number of hydrogen-bond acceptors (Lipinski definition) is 4. The van der Waals surface area contributed by atoms with Gasteiger partial charge in [0.15, 0.2) is 0 Å². The molecule has 6 heteroatoms. The minimum atomic E-state index is -3.42. The van der Waals surface area contributed by atoms with Crippen LogP contribution in [0.4, 0.5) is 0 Å². The number of nitrogens with one attached hydrogen (secondary N) is 2. The Hall–Kier alpha value is -1.11. The predicted octanol–water partition coefficient (Wildman–Crippen LogP) is 2.14. The highest BCUT2D eigenvalue weighted by atomic mass is 32.2. The van der Waals surface area contributed by atoms with E-state index in [9.17, 15) is 8.42 Å². The molecule has 1 unspecified atom stereocenters. The molecular weight excluding hydrogens is 300 g/mol. The first kappa shape index (κ1) is 17.2. The molecule has 0 aliphatic carbocycles. The van der Waals surface area contributed by atoms with E-state index in [-0.39, 0.29) is 4.90 Å². The third-order valence-electron chi connectivity index (χ3n) is 3.85. The Balaban J connectivity index is 1.83. The molecule has 124 valence electrons. The Morgan fingerprint density at radius 3 is 2.73 bits per heavy atom. The second kappa shape index (κ2) is 8.50. The van der Waals surface area contributed by atoms with Gasteiger partial charge in [-0.1, -0.05) is 6.92 Å². The molecule has 2 N–H and O–H groups in total. The van der Waals surface area contributed by atoms with Crippen molar-refractivity contribution in [2.24, 2.45) is 5.92 Å². The standard InChI is InChI=1S/C16H26N2O3S/c1-2-12-21-15-5-7-16(8-6-15)22(19,20)18-11-9-14-4-3-10-17-13-14/h5-8,14,17-18H,2-4,9-13H2,1H3. The van der Waals surface area contributed by atoms with Crippen LogP contribution >= 0.6 is 0 Å². The third kappa shape index (κ3) is 5.26. The topological polar surface area (TPSA) is 67.4 Å². The van der Waals surface area contributed by atoms with Gasteiger partial charge >= 0.3 is 0 Å². The fraction of sp³-hybridized carbons (Fsp3) is 0.625. The van der Waals surface area contributed by atoms with Crippen molar-refractivity contribution in [1.29, 1.82) is 0 Å². The van der Waals surface area contributed by atoms with Crippen molar-refractivity contribution in [3.05, 3.63) is 24.3 Å². The van der Waals surface area contributed by atoms with E-state index in [1.54, 1.807) is 24.3 Å². The van der Waals surface area contributed by atoms with Gasteiger partial charge in [0.1, 0.15) is 5.75 Å². The maximum absolute atomic E-state index is 12.2. The second-order valence-corrected chi connectivity index (χ2v) is 7.49. The lowest BCUT2D eigenvalue weighted by Crippen LogP contribution is -2.33. The van der Waals surface area contributed by atoms with Gasteiger partial charge in [-0.15, -0.1) is 0 Å². The summed E-state index contributed by atoms with van der Waals surface area (Å²) < 4.78 is 32.6. The first-order chi connectivity index (χ1) is 10.6. The van der Waals surface area contributed by atoms with E-state index in [1.807, 2.05) is 6.92 Å².